The number of ketones is 1. The molecule has 3 aromatic carbocycles. The highest BCUT2D eigenvalue weighted by atomic mass is 19.4. The predicted molar refractivity (Wildman–Crippen MR) is 147 cm³/mol. The Balaban J connectivity index is 1.50. The van der Waals surface area contributed by atoms with Crippen LogP contribution in [0.4, 0.5) is 30.7 Å². The van der Waals surface area contributed by atoms with E-state index in [0.29, 0.717) is 30.7 Å². The molecule has 0 saturated carbocycles. The average Bonchev–Trinajstić information content (AvgIpc) is 2.98. The maximum Gasteiger partial charge on any atom is 0.416 e. The molecule has 0 spiro atoms. The average molecular weight is 622 g/mol. The molecule has 2 aliphatic heterocycles. The van der Waals surface area contributed by atoms with Gasteiger partial charge in [-0.3, -0.25) is 4.79 Å². The van der Waals surface area contributed by atoms with E-state index >= 15 is 0 Å². The van der Waals surface area contributed by atoms with Crippen molar-refractivity contribution in [3.63, 3.8) is 0 Å². The van der Waals surface area contributed by atoms with Crippen molar-refractivity contribution in [2.75, 3.05) is 6.61 Å². The Morgan fingerprint density at radius 2 is 1.57 bits per heavy atom. The van der Waals surface area contributed by atoms with E-state index in [0.717, 1.165) is 5.56 Å². The number of halogens is 7. The number of hydrogen-bond donors (Lipinski definition) is 0. The molecule has 2 heterocycles. The first kappa shape index (κ1) is 31.7. The van der Waals surface area contributed by atoms with Gasteiger partial charge in [0.2, 0.25) is 0 Å². The molecule has 234 valence electrons. The minimum atomic E-state index is -5.01. The fourth-order valence-electron chi connectivity index (χ4n) is 5.99. The Hall–Kier alpha value is -3.70. The van der Waals surface area contributed by atoms with Gasteiger partial charge in [0.25, 0.3) is 0 Å². The summed E-state index contributed by atoms with van der Waals surface area (Å²) in [7, 11) is 0. The van der Waals surface area contributed by atoms with Crippen LogP contribution in [0.25, 0.3) is 0 Å². The van der Waals surface area contributed by atoms with E-state index in [9.17, 15) is 35.5 Å². The zero-order chi connectivity index (χ0) is 31.6. The molecule has 0 N–H and O–H groups in total. The van der Waals surface area contributed by atoms with Crippen LogP contribution in [0.1, 0.15) is 59.6 Å². The lowest BCUT2D eigenvalue weighted by molar-refractivity contribution is -0.214. The second kappa shape index (κ2) is 12.7. The number of carbonyl (C=O) groups is 1. The molecule has 5 rings (SSSR count). The molecule has 11 heteroatoms. The summed E-state index contributed by atoms with van der Waals surface area (Å²) in [6.45, 7) is 2.03. The van der Waals surface area contributed by atoms with Crippen LogP contribution in [0.5, 0.6) is 0 Å². The summed E-state index contributed by atoms with van der Waals surface area (Å²) in [6, 6.07) is 16.3. The van der Waals surface area contributed by atoms with Crippen molar-refractivity contribution in [3.8, 4) is 0 Å². The predicted octanol–water partition coefficient (Wildman–Crippen LogP) is 8.44. The van der Waals surface area contributed by atoms with Crippen molar-refractivity contribution in [2.45, 2.75) is 63.0 Å². The van der Waals surface area contributed by atoms with Gasteiger partial charge >= 0.3 is 12.4 Å². The number of allylic oxidation sites excluding steroid dienone is 1. The topological polar surface area (TPSA) is 38.8 Å². The van der Waals surface area contributed by atoms with Crippen LogP contribution >= 0.6 is 0 Å². The summed E-state index contributed by atoms with van der Waals surface area (Å²) in [6.07, 6.45) is -8.47. The molecule has 5 atom stereocenters. The monoisotopic (exact) mass is 621 g/mol. The lowest BCUT2D eigenvalue weighted by Gasteiger charge is -2.46. The van der Waals surface area contributed by atoms with Gasteiger partial charge in [0.1, 0.15) is 5.82 Å². The second-order valence-electron chi connectivity index (χ2n) is 11.1. The molecule has 1 saturated heterocycles. The molecule has 0 amide bonds. The van der Waals surface area contributed by atoms with Crippen LogP contribution in [0.3, 0.4) is 0 Å². The van der Waals surface area contributed by atoms with Gasteiger partial charge in [-0.1, -0.05) is 42.5 Å². The summed E-state index contributed by atoms with van der Waals surface area (Å²) in [5.74, 6) is -1.49. The first-order chi connectivity index (χ1) is 20.8. The van der Waals surface area contributed by atoms with Crippen molar-refractivity contribution in [2.24, 2.45) is 5.92 Å². The highest BCUT2D eigenvalue weighted by molar-refractivity contribution is 5.90. The molecule has 44 heavy (non-hydrogen) atoms. The van der Waals surface area contributed by atoms with E-state index in [1.165, 1.54) is 25.1 Å². The third-order valence-electron chi connectivity index (χ3n) is 8.15. The van der Waals surface area contributed by atoms with Crippen LogP contribution in [-0.4, -0.2) is 29.6 Å². The first-order valence-corrected chi connectivity index (χ1v) is 14.1. The van der Waals surface area contributed by atoms with Crippen LogP contribution in [-0.2, 0) is 33.2 Å². The van der Waals surface area contributed by atoms with Gasteiger partial charge < -0.3 is 14.4 Å². The van der Waals surface area contributed by atoms with Crippen molar-refractivity contribution < 1.29 is 45.0 Å². The highest BCUT2D eigenvalue weighted by Gasteiger charge is 2.44. The van der Waals surface area contributed by atoms with Crippen LogP contribution in [0.15, 0.2) is 85.1 Å². The van der Waals surface area contributed by atoms with E-state index in [1.807, 2.05) is 35.2 Å². The van der Waals surface area contributed by atoms with Gasteiger partial charge in [-0.25, -0.2) is 4.39 Å². The largest absolute Gasteiger partial charge is 0.416 e. The Bertz CT molecular complexity index is 1440. The first-order valence-electron chi connectivity index (χ1n) is 14.1. The summed E-state index contributed by atoms with van der Waals surface area (Å²) in [5, 5.41) is 0. The fourth-order valence-corrected chi connectivity index (χ4v) is 5.99. The van der Waals surface area contributed by atoms with Gasteiger partial charge in [-0.05, 0) is 72.4 Å². The van der Waals surface area contributed by atoms with Crippen molar-refractivity contribution in [1.82, 2.24) is 4.90 Å². The minimum Gasteiger partial charge on any atom is -0.369 e. The molecule has 4 nitrogen and oxygen atoms in total. The third kappa shape index (κ3) is 7.32. The molecule has 0 aromatic heterocycles. The van der Waals surface area contributed by atoms with Crippen molar-refractivity contribution in [1.29, 1.82) is 0 Å². The van der Waals surface area contributed by atoms with E-state index in [2.05, 4.69) is 0 Å². The van der Waals surface area contributed by atoms with Crippen LogP contribution < -0.4 is 0 Å². The van der Waals surface area contributed by atoms with Gasteiger partial charge in [0.05, 0.1) is 23.8 Å². The number of hydrogen-bond acceptors (Lipinski definition) is 4. The number of carbonyl (C=O) groups excluding carboxylic acids is 1. The van der Waals surface area contributed by atoms with E-state index in [1.54, 1.807) is 18.3 Å². The molecular weight excluding hydrogens is 591 g/mol. The number of rotatable bonds is 7. The SMILES string of the molecule is CC(OC1OCCC(C2CC(=O)C=CN2Cc2ccccc2)C1c1ccc(F)cc1)c1cc(C(F)(F)F)cc(C(F)(F)F)c1. The number of benzene rings is 3. The van der Waals surface area contributed by atoms with E-state index < -0.39 is 47.6 Å². The Morgan fingerprint density at radius 3 is 2.18 bits per heavy atom. The quantitative estimate of drug-likeness (QED) is 0.248. The van der Waals surface area contributed by atoms with Crippen LogP contribution in [0.2, 0.25) is 0 Å². The molecular formula is C33H30F7NO3. The Morgan fingerprint density at radius 1 is 0.932 bits per heavy atom. The summed E-state index contributed by atoms with van der Waals surface area (Å²) < 4.78 is 107. The van der Waals surface area contributed by atoms with Gasteiger partial charge in [-0.2, -0.15) is 26.3 Å². The molecule has 0 bridgehead atoms. The van der Waals surface area contributed by atoms with Crippen molar-refractivity contribution in [3.05, 3.63) is 119 Å². The smallest absolute Gasteiger partial charge is 0.369 e. The number of nitrogens with zero attached hydrogens (tertiary/aromatic N) is 1. The lowest BCUT2D eigenvalue weighted by Crippen LogP contribution is -2.49. The fraction of sp³-hybridized carbons (Fsp3) is 0.364. The maximum absolute atomic E-state index is 13.9. The Labute approximate surface area is 250 Å². The van der Waals surface area contributed by atoms with Crippen LogP contribution in [0, 0.1) is 11.7 Å². The minimum absolute atomic E-state index is 0.0691. The third-order valence-corrected chi connectivity index (χ3v) is 8.15. The van der Waals surface area contributed by atoms with E-state index in [-0.39, 0.29) is 42.4 Å². The molecule has 0 radical (unpaired) electrons. The number of alkyl halides is 6. The van der Waals surface area contributed by atoms with Gasteiger partial charge in [0.15, 0.2) is 12.1 Å². The highest BCUT2D eigenvalue weighted by Crippen LogP contribution is 2.44. The van der Waals surface area contributed by atoms with E-state index in [4.69, 9.17) is 9.47 Å². The van der Waals surface area contributed by atoms with Crippen molar-refractivity contribution >= 4 is 5.78 Å². The molecule has 5 unspecified atom stereocenters. The summed E-state index contributed by atoms with van der Waals surface area (Å²) in [5.41, 5.74) is -1.60. The standard InChI is InChI=1S/C33H30F7NO3/c1-20(23-15-24(32(35,36)37)17-25(16-23)33(38,39)40)44-31-30(22-7-9-26(34)10-8-22)28(12-14-43-31)29-18-27(42)11-13-41(29)19-21-5-3-2-4-6-21/h2-11,13,15-17,20,28-31H,12,14,18-19H2,1H3. The summed E-state index contributed by atoms with van der Waals surface area (Å²) >= 11 is 0. The zero-order valence-electron chi connectivity index (χ0n) is 23.6. The number of ether oxygens (including phenoxy) is 2. The second-order valence-corrected chi connectivity index (χ2v) is 11.1. The molecule has 2 aliphatic rings. The summed E-state index contributed by atoms with van der Waals surface area (Å²) in [4.78, 5) is 14.7. The Kier molecular flexibility index (Phi) is 9.17. The van der Waals surface area contributed by atoms with Gasteiger partial charge in [-0.15, -0.1) is 0 Å². The zero-order valence-corrected chi connectivity index (χ0v) is 23.6. The van der Waals surface area contributed by atoms with Gasteiger partial charge in [0, 0.05) is 31.1 Å². The maximum atomic E-state index is 13.9. The lowest BCUT2D eigenvalue weighted by atomic mass is 9.74. The normalized spacial score (nSPS) is 23.5. The molecule has 0 aliphatic carbocycles. The molecule has 1 fully saturated rings. The molecule has 3 aromatic rings.